The van der Waals surface area contributed by atoms with Gasteiger partial charge in [-0.1, -0.05) is 6.07 Å². The van der Waals surface area contributed by atoms with Crippen LogP contribution in [0.15, 0.2) is 36.4 Å². The van der Waals surface area contributed by atoms with Crippen molar-refractivity contribution in [2.75, 3.05) is 25.6 Å². The van der Waals surface area contributed by atoms with E-state index in [0.29, 0.717) is 36.1 Å². The molecule has 0 spiro atoms. The van der Waals surface area contributed by atoms with Gasteiger partial charge < -0.3 is 30.0 Å². The van der Waals surface area contributed by atoms with Crippen molar-refractivity contribution < 1.29 is 28.9 Å². The van der Waals surface area contributed by atoms with Crippen LogP contribution in [-0.4, -0.2) is 42.8 Å². The van der Waals surface area contributed by atoms with E-state index in [4.69, 9.17) is 14.2 Å². The maximum Gasteiger partial charge on any atom is 0.335 e. The highest BCUT2D eigenvalue weighted by atomic mass is 16.5. The largest absolute Gasteiger partial charge is 0.495 e. The molecule has 0 fully saturated rings. The third-order valence-electron chi connectivity index (χ3n) is 4.11. The molecule has 0 atom stereocenters. The fourth-order valence-corrected chi connectivity index (χ4v) is 2.82. The number of carbonyl (C=O) groups excluding carboxylic acids is 1. The van der Waals surface area contributed by atoms with E-state index < -0.39 is 5.97 Å². The first kappa shape index (κ1) is 23.9. The highest BCUT2D eigenvalue weighted by molar-refractivity contribution is 5.89. The van der Waals surface area contributed by atoms with Crippen LogP contribution >= 0.6 is 0 Å². The van der Waals surface area contributed by atoms with Crippen molar-refractivity contribution in [2.24, 2.45) is 0 Å². The van der Waals surface area contributed by atoms with Crippen LogP contribution in [0, 0.1) is 0 Å². The normalized spacial score (nSPS) is 10.9. The fourth-order valence-electron chi connectivity index (χ4n) is 2.82. The van der Waals surface area contributed by atoms with Crippen LogP contribution in [0.1, 0.15) is 43.6 Å². The summed E-state index contributed by atoms with van der Waals surface area (Å²) in [5.41, 5.74) is 1.28. The number of hydrogen-bond donors (Lipinski definition) is 3. The second-order valence-corrected chi connectivity index (χ2v) is 7.87. The lowest BCUT2D eigenvalue weighted by molar-refractivity contribution is -0.124. The van der Waals surface area contributed by atoms with Crippen molar-refractivity contribution in [3.05, 3.63) is 47.5 Å². The number of anilines is 1. The number of methoxy groups -OCH3 is 1. The zero-order valence-electron chi connectivity index (χ0n) is 18.6. The number of nitrogens with one attached hydrogen (secondary N) is 2. The molecule has 0 aliphatic carbocycles. The molecule has 0 aliphatic heterocycles. The van der Waals surface area contributed by atoms with E-state index in [1.54, 1.807) is 12.1 Å². The lowest BCUT2D eigenvalue weighted by Crippen LogP contribution is -2.43. The summed E-state index contributed by atoms with van der Waals surface area (Å²) in [6.07, 6.45) is 0. The first-order valence-electron chi connectivity index (χ1n) is 9.97. The van der Waals surface area contributed by atoms with E-state index in [1.165, 1.54) is 19.2 Å². The van der Waals surface area contributed by atoms with E-state index in [9.17, 15) is 14.7 Å². The summed E-state index contributed by atoms with van der Waals surface area (Å²) in [5.74, 6) is 0.309. The van der Waals surface area contributed by atoms with Crippen LogP contribution < -0.4 is 24.8 Å². The molecular formula is C23H30N2O6. The maximum absolute atomic E-state index is 12.0. The number of rotatable bonds is 10. The number of amides is 1. The number of carbonyl (C=O) groups is 2. The van der Waals surface area contributed by atoms with Crippen LogP contribution in [0.3, 0.4) is 0 Å². The van der Waals surface area contributed by atoms with Gasteiger partial charge in [0, 0.05) is 12.1 Å². The van der Waals surface area contributed by atoms with Crippen LogP contribution in [0.25, 0.3) is 0 Å². The first-order valence-corrected chi connectivity index (χ1v) is 9.97. The van der Waals surface area contributed by atoms with Gasteiger partial charge in [-0.2, -0.15) is 0 Å². The Balaban J connectivity index is 2.11. The minimum absolute atomic E-state index is 0.117. The molecular weight excluding hydrogens is 400 g/mol. The second-order valence-electron chi connectivity index (χ2n) is 7.87. The minimum Gasteiger partial charge on any atom is -0.495 e. The van der Waals surface area contributed by atoms with Gasteiger partial charge in [0.15, 0.2) is 18.1 Å². The van der Waals surface area contributed by atoms with Crippen molar-refractivity contribution in [3.63, 3.8) is 0 Å². The summed E-state index contributed by atoms with van der Waals surface area (Å²) >= 11 is 0. The predicted molar refractivity (Wildman–Crippen MR) is 118 cm³/mol. The monoisotopic (exact) mass is 430 g/mol. The highest BCUT2D eigenvalue weighted by Crippen LogP contribution is 2.30. The summed E-state index contributed by atoms with van der Waals surface area (Å²) in [6, 6.07) is 10.0. The Labute approximate surface area is 182 Å². The summed E-state index contributed by atoms with van der Waals surface area (Å²) in [5, 5.41) is 15.2. The Hall–Kier alpha value is -3.42. The standard InChI is InChI=1S/C23H30N2O6/c1-6-30-20-11-15(7-9-19(20)31-14-21(26)25-23(2,3)4)13-24-17-12-16(22(27)28)8-10-18(17)29-5/h7-12,24H,6,13-14H2,1-5H3,(H,25,26)(H,27,28). The van der Waals surface area contributed by atoms with Crippen LogP contribution in [0.5, 0.6) is 17.2 Å². The van der Waals surface area contributed by atoms with Crippen molar-refractivity contribution in [1.29, 1.82) is 0 Å². The highest BCUT2D eigenvalue weighted by Gasteiger charge is 2.15. The van der Waals surface area contributed by atoms with E-state index in [2.05, 4.69) is 10.6 Å². The van der Waals surface area contributed by atoms with Gasteiger partial charge >= 0.3 is 5.97 Å². The number of benzene rings is 2. The Morgan fingerprint density at radius 3 is 2.32 bits per heavy atom. The molecule has 0 bridgehead atoms. The first-order chi connectivity index (χ1) is 14.6. The molecule has 2 rings (SSSR count). The molecule has 0 unspecified atom stereocenters. The molecule has 31 heavy (non-hydrogen) atoms. The lowest BCUT2D eigenvalue weighted by atomic mass is 10.1. The third kappa shape index (κ3) is 7.40. The Morgan fingerprint density at radius 2 is 1.71 bits per heavy atom. The quantitative estimate of drug-likeness (QED) is 0.528. The second kappa shape index (κ2) is 10.6. The van der Waals surface area contributed by atoms with Gasteiger partial charge in [-0.25, -0.2) is 4.79 Å². The summed E-state index contributed by atoms with van der Waals surface area (Å²) in [6.45, 7) is 8.30. The Bertz CT molecular complexity index is 921. The summed E-state index contributed by atoms with van der Waals surface area (Å²) in [4.78, 5) is 23.3. The molecule has 0 radical (unpaired) electrons. The van der Waals surface area contributed by atoms with Gasteiger partial charge in [0.1, 0.15) is 5.75 Å². The number of ether oxygens (including phenoxy) is 3. The lowest BCUT2D eigenvalue weighted by Gasteiger charge is -2.21. The number of carboxylic acid groups (broad SMARTS) is 1. The van der Waals surface area contributed by atoms with E-state index in [0.717, 1.165) is 5.56 Å². The van der Waals surface area contributed by atoms with Crippen molar-refractivity contribution in [1.82, 2.24) is 5.32 Å². The van der Waals surface area contributed by atoms with Gasteiger partial charge in [0.2, 0.25) is 0 Å². The number of carboxylic acids is 1. The average molecular weight is 431 g/mol. The molecule has 0 aromatic heterocycles. The molecule has 2 aromatic carbocycles. The smallest absolute Gasteiger partial charge is 0.335 e. The van der Waals surface area contributed by atoms with Crippen LogP contribution in [0.2, 0.25) is 0 Å². The summed E-state index contributed by atoms with van der Waals surface area (Å²) in [7, 11) is 1.52. The van der Waals surface area contributed by atoms with E-state index in [1.807, 2.05) is 39.8 Å². The van der Waals surface area contributed by atoms with Crippen molar-refractivity contribution in [2.45, 2.75) is 39.8 Å². The maximum atomic E-state index is 12.0. The van der Waals surface area contributed by atoms with Crippen LogP contribution in [-0.2, 0) is 11.3 Å². The Kier molecular flexibility index (Phi) is 8.13. The fraction of sp³-hybridized carbons (Fsp3) is 0.391. The SMILES string of the molecule is CCOc1cc(CNc2cc(C(=O)O)ccc2OC)ccc1OCC(=O)NC(C)(C)C. The Morgan fingerprint density at radius 1 is 1.00 bits per heavy atom. The molecule has 0 saturated carbocycles. The van der Waals surface area contributed by atoms with E-state index >= 15 is 0 Å². The van der Waals surface area contributed by atoms with E-state index in [-0.39, 0.29) is 23.6 Å². The van der Waals surface area contributed by atoms with Gasteiger partial charge in [0.05, 0.1) is 25.0 Å². The predicted octanol–water partition coefficient (Wildman–Crippen LogP) is 3.70. The number of hydrogen-bond acceptors (Lipinski definition) is 6. The van der Waals surface area contributed by atoms with Gasteiger partial charge in [0.25, 0.3) is 5.91 Å². The van der Waals surface area contributed by atoms with Crippen molar-refractivity contribution in [3.8, 4) is 17.2 Å². The molecule has 0 aliphatic rings. The molecule has 0 heterocycles. The summed E-state index contributed by atoms with van der Waals surface area (Å²) < 4.78 is 16.6. The zero-order chi connectivity index (χ0) is 23.0. The third-order valence-corrected chi connectivity index (χ3v) is 4.11. The molecule has 0 saturated heterocycles. The molecule has 8 nitrogen and oxygen atoms in total. The van der Waals surface area contributed by atoms with Crippen LogP contribution in [0.4, 0.5) is 5.69 Å². The molecule has 8 heteroatoms. The topological polar surface area (TPSA) is 106 Å². The van der Waals surface area contributed by atoms with Gasteiger partial charge in [-0.05, 0) is 63.6 Å². The van der Waals surface area contributed by atoms with Gasteiger partial charge in [-0.3, -0.25) is 4.79 Å². The average Bonchev–Trinajstić information content (AvgIpc) is 2.70. The van der Waals surface area contributed by atoms with Crippen molar-refractivity contribution >= 4 is 17.6 Å². The molecule has 1 amide bonds. The number of aromatic carboxylic acids is 1. The van der Waals surface area contributed by atoms with Gasteiger partial charge in [-0.15, -0.1) is 0 Å². The minimum atomic E-state index is -1.01. The zero-order valence-corrected chi connectivity index (χ0v) is 18.6. The molecule has 2 aromatic rings. The molecule has 168 valence electrons. The molecule has 3 N–H and O–H groups in total.